The molecule has 2 aromatic carbocycles. The van der Waals surface area contributed by atoms with Crippen molar-refractivity contribution in [2.75, 3.05) is 6.61 Å². The number of nitrogens with one attached hydrogen (secondary N) is 1. The first-order valence-electron chi connectivity index (χ1n) is 8.50. The Bertz CT molecular complexity index is 964. The zero-order valence-corrected chi connectivity index (χ0v) is 16.6. The van der Waals surface area contributed by atoms with Crippen LogP contribution < -0.4 is 4.72 Å². The Kier molecular flexibility index (Phi) is 6.51. The molecule has 0 spiro atoms. The van der Waals surface area contributed by atoms with Crippen LogP contribution >= 0.6 is 0 Å². The van der Waals surface area contributed by atoms with Crippen LogP contribution in [-0.2, 0) is 14.8 Å². The van der Waals surface area contributed by atoms with Crippen molar-refractivity contribution in [2.24, 2.45) is 0 Å². The molecule has 0 amide bonds. The summed E-state index contributed by atoms with van der Waals surface area (Å²) in [5, 5.41) is 0. The first-order chi connectivity index (χ1) is 12.6. The molecule has 2 aromatic rings. The summed E-state index contributed by atoms with van der Waals surface area (Å²) in [5.74, 6) is -1.08. The van der Waals surface area contributed by atoms with Crippen molar-refractivity contribution in [3.63, 3.8) is 0 Å². The molecule has 1 N–H and O–H groups in total. The Morgan fingerprint density at radius 1 is 1.00 bits per heavy atom. The Balaban J connectivity index is 2.09. The lowest BCUT2D eigenvalue weighted by atomic mass is 10.0. The van der Waals surface area contributed by atoms with E-state index in [0.29, 0.717) is 5.56 Å². The average molecular weight is 389 g/mol. The number of esters is 1. The quantitative estimate of drug-likeness (QED) is 0.581. The van der Waals surface area contributed by atoms with Crippen LogP contribution in [0.25, 0.3) is 0 Å². The molecule has 0 radical (unpaired) electrons. The molecule has 0 saturated heterocycles. The maximum atomic E-state index is 12.2. The maximum absolute atomic E-state index is 12.2. The van der Waals surface area contributed by atoms with E-state index in [4.69, 9.17) is 4.74 Å². The Labute approximate surface area is 159 Å². The van der Waals surface area contributed by atoms with Crippen molar-refractivity contribution in [1.29, 1.82) is 0 Å². The lowest BCUT2D eigenvalue weighted by molar-refractivity contribution is 0.0474. The minimum atomic E-state index is -3.72. The van der Waals surface area contributed by atoms with E-state index in [-0.39, 0.29) is 22.3 Å². The molecule has 144 valence electrons. The summed E-state index contributed by atoms with van der Waals surface area (Å²) >= 11 is 0. The van der Waals surface area contributed by atoms with E-state index in [1.54, 1.807) is 26.0 Å². The number of carbonyl (C=O) groups is 2. The van der Waals surface area contributed by atoms with Crippen molar-refractivity contribution in [3.05, 3.63) is 64.7 Å². The topological polar surface area (TPSA) is 89.5 Å². The number of ketones is 1. The van der Waals surface area contributed by atoms with Gasteiger partial charge in [0, 0.05) is 11.6 Å². The first kappa shape index (κ1) is 20.8. The number of hydrogen-bond donors (Lipinski definition) is 1. The molecule has 0 aliphatic rings. The molecule has 0 heterocycles. The molecule has 0 aromatic heterocycles. The van der Waals surface area contributed by atoms with Crippen LogP contribution in [0.3, 0.4) is 0 Å². The molecule has 2 rings (SSSR count). The van der Waals surface area contributed by atoms with E-state index < -0.39 is 22.6 Å². The monoisotopic (exact) mass is 389 g/mol. The highest BCUT2D eigenvalue weighted by atomic mass is 32.2. The summed E-state index contributed by atoms with van der Waals surface area (Å²) in [6, 6.07) is 10.5. The smallest absolute Gasteiger partial charge is 0.338 e. The molecule has 27 heavy (non-hydrogen) atoms. The Hall–Kier alpha value is -2.51. The fraction of sp³-hybridized carbons (Fsp3) is 0.300. The summed E-state index contributed by atoms with van der Waals surface area (Å²) in [7, 11) is -3.72. The number of carbonyl (C=O) groups excluding carboxylic acids is 2. The number of rotatable bonds is 7. The van der Waals surface area contributed by atoms with Gasteiger partial charge >= 0.3 is 5.97 Å². The van der Waals surface area contributed by atoms with Crippen LogP contribution in [0.15, 0.2) is 47.4 Å². The van der Waals surface area contributed by atoms with Gasteiger partial charge in [0.15, 0.2) is 12.4 Å². The first-order valence-corrected chi connectivity index (χ1v) is 9.98. The zero-order valence-electron chi connectivity index (χ0n) is 15.8. The fourth-order valence-corrected chi connectivity index (χ4v) is 3.68. The van der Waals surface area contributed by atoms with Crippen LogP contribution in [0.1, 0.15) is 45.7 Å². The molecule has 0 aliphatic carbocycles. The van der Waals surface area contributed by atoms with E-state index >= 15 is 0 Å². The van der Waals surface area contributed by atoms with E-state index in [1.165, 1.54) is 24.3 Å². The summed E-state index contributed by atoms with van der Waals surface area (Å²) < 4.78 is 31.9. The lowest BCUT2D eigenvalue weighted by Crippen LogP contribution is -2.30. The highest BCUT2D eigenvalue weighted by Gasteiger charge is 2.18. The molecule has 0 unspecified atom stereocenters. The van der Waals surface area contributed by atoms with E-state index in [9.17, 15) is 18.0 Å². The molecule has 7 heteroatoms. The molecule has 6 nitrogen and oxygen atoms in total. The third-order valence-corrected chi connectivity index (χ3v) is 5.59. The van der Waals surface area contributed by atoms with Crippen molar-refractivity contribution < 1.29 is 22.7 Å². The molecular weight excluding hydrogens is 366 g/mol. The van der Waals surface area contributed by atoms with Gasteiger partial charge in [-0.3, -0.25) is 4.79 Å². The van der Waals surface area contributed by atoms with Gasteiger partial charge in [-0.05, 0) is 63.1 Å². The van der Waals surface area contributed by atoms with Gasteiger partial charge in [-0.2, -0.15) is 0 Å². The number of Topliss-reactive ketones (excluding diaryl/α,β-unsaturated/α-hetero) is 1. The van der Waals surface area contributed by atoms with E-state index in [1.807, 2.05) is 19.9 Å². The second-order valence-electron chi connectivity index (χ2n) is 6.60. The van der Waals surface area contributed by atoms with Crippen molar-refractivity contribution in [3.8, 4) is 0 Å². The number of hydrogen-bond acceptors (Lipinski definition) is 5. The predicted octanol–water partition coefficient (Wildman–Crippen LogP) is 3.03. The van der Waals surface area contributed by atoms with Crippen LogP contribution in [0.5, 0.6) is 0 Å². The van der Waals surface area contributed by atoms with Crippen molar-refractivity contribution in [2.45, 2.75) is 38.6 Å². The third-order valence-electron chi connectivity index (χ3n) is 3.93. The standard InChI is InChI=1S/C20H23NO5S/c1-13(2)21-27(24,25)18-7-5-6-17(11-18)20(23)26-12-19(22)16-9-8-14(3)15(4)10-16/h5-11,13,21H,12H2,1-4H3. The zero-order chi connectivity index (χ0) is 20.2. The van der Waals surface area contributed by atoms with E-state index in [2.05, 4.69) is 4.72 Å². The minimum Gasteiger partial charge on any atom is -0.454 e. The SMILES string of the molecule is Cc1ccc(C(=O)COC(=O)c2cccc(S(=O)(=O)NC(C)C)c2)cc1C. The van der Waals surface area contributed by atoms with Crippen LogP contribution in [0, 0.1) is 13.8 Å². The lowest BCUT2D eigenvalue weighted by Gasteiger charge is -2.10. The summed E-state index contributed by atoms with van der Waals surface area (Å²) in [6.07, 6.45) is 0. The largest absolute Gasteiger partial charge is 0.454 e. The number of benzene rings is 2. The van der Waals surface area contributed by atoms with E-state index in [0.717, 1.165) is 11.1 Å². The van der Waals surface area contributed by atoms with Gasteiger partial charge in [0.2, 0.25) is 10.0 Å². The summed E-state index contributed by atoms with van der Waals surface area (Å²) in [5.41, 5.74) is 2.57. The Morgan fingerprint density at radius 3 is 2.33 bits per heavy atom. The molecule has 0 bridgehead atoms. The third kappa shape index (κ3) is 5.48. The van der Waals surface area contributed by atoms with Gasteiger partial charge in [0.05, 0.1) is 10.5 Å². The highest BCUT2D eigenvalue weighted by molar-refractivity contribution is 7.89. The van der Waals surface area contributed by atoms with Crippen LogP contribution in [0.4, 0.5) is 0 Å². The minimum absolute atomic E-state index is 0.0360. The number of sulfonamides is 1. The number of aryl methyl sites for hydroxylation is 2. The summed E-state index contributed by atoms with van der Waals surface area (Å²) in [6.45, 7) is 6.83. The molecule has 0 fully saturated rings. The fourth-order valence-electron chi connectivity index (χ4n) is 2.38. The van der Waals surface area contributed by atoms with Gasteiger partial charge < -0.3 is 4.74 Å². The van der Waals surface area contributed by atoms with Gasteiger partial charge in [-0.1, -0.05) is 18.2 Å². The number of ether oxygens (including phenoxy) is 1. The summed E-state index contributed by atoms with van der Waals surface area (Å²) in [4.78, 5) is 24.4. The van der Waals surface area contributed by atoms with Gasteiger partial charge in [0.1, 0.15) is 0 Å². The van der Waals surface area contributed by atoms with Gasteiger partial charge in [-0.15, -0.1) is 0 Å². The second kappa shape index (κ2) is 8.45. The molecule has 0 saturated carbocycles. The highest BCUT2D eigenvalue weighted by Crippen LogP contribution is 2.14. The van der Waals surface area contributed by atoms with Crippen LogP contribution in [-0.4, -0.2) is 32.8 Å². The molecular formula is C20H23NO5S. The average Bonchev–Trinajstić information content (AvgIpc) is 2.60. The normalized spacial score (nSPS) is 11.4. The second-order valence-corrected chi connectivity index (χ2v) is 8.32. The van der Waals surface area contributed by atoms with Gasteiger partial charge in [0.25, 0.3) is 0 Å². The predicted molar refractivity (Wildman–Crippen MR) is 102 cm³/mol. The van der Waals surface area contributed by atoms with Crippen molar-refractivity contribution >= 4 is 21.8 Å². The molecule has 0 aliphatic heterocycles. The Morgan fingerprint density at radius 2 is 1.70 bits per heavy atom. The van der Waals surface area contributed by atoms with Crippen LogP contribution in [0.2, 0.25) is 0 Å². The maximum Gasteiger partial charge on any atom is 0.338 e. The van der Waals surface area contributed by atoms with Crippen molar-refractivity contribution in [1.82, 2.24) is 4.72 Å². The molecule has 0 atom stereocenters. The van der Waals surface area contributed by atoms with Gasteiger partial charge in [-0.25, -0.2) is 17.9 Å².